The van der Waals surface area contributed by atoms with Gasteiger partial charge in [0.05, 0.1) is 13.0 Å². The number of benzene rings is 1. The number of allylic oxidation sites excluding steroid dienone is 2. The Labute approximate surface area is 120 Å². The summed E-state index contributed by atoms with van der Waals surface area (Å²) in [6, 6.07) is 7.18. The van der Waals surface area contributed by atoms with Gasteiger partial charge in [-0.25, -0.2) is 0 Å². The number of methoxy groups -OCH3 is 1. The van der Waals surface area contributed by atoms with Gasteiger partial charge in [0.15, 0.2) is 5.78 Å². The summed E-state index contributed by atoms with van der Waals surface area (Å²) in [5.74, 6) is -1.36. The van der Waals surface area contributed by atoms with Crippen molar-refractivity contribution in [3.05, 3.63) is 41.6 Å². The van der Waals surface area contributed by atoms with E-state index in [0.29, 0.717) is 18.0 Å². The monoisotopic (exact) mass is 299 g/mol. The molecule has 0 spiro atoms. The summed E-state index contributed by atoms with van der Waals surface area (Å²) in [5, 5.41) is 2.91. The molecule has 3 nitrogen and oxygen atoms in total. The molecule has 0 heterocycles. The number of hydrogen-bond acceptors (Lipinski definition) is 3. The maximum Gasteiger partial charge on any atom is 0.392 e. The lowest BCUT2D eigenvalue weighted by Gasteiger charge is -2.25. The lowest BCUT2D eigenvalue weighted by Crippen LogP contribution is -2.31. The number of nitrogens with one attached hydrogen (secondary N) is 1. The molecule has 0 saturated carbocycles. The van der Waals surface area contributed by atoms with Crippen LogP contribution in [0.1, 0.15) is 18.4 Å². The third-order valence-electron chi connectivity index (χ3n) is 3.39. The molecule has 0 fully saturated rings. The lowest BCUT2D eigenvalue weighted by molar-refractivity contribution is -0.178. The van der Waals surface area contributed by atoms with Crippen LogP contribution in [-0.2, 0) is 11.3 Å². The molecular formula is C15H16F3NO2. The van der Waals surface area contributed by atoms with Crippen molar-refractivity contribution < 1.29 is 22.7 Å². The topological polar surface area (TPSA) is 38.3 Å². The predicted octanol–water partition coefficient (Wildman–Crippen LogP) is 3.21. The van der Waals surface area contributed by atoms with Gasteiger partial charge in [0, 0.05) is 24.7 Å². The van der Waals surface area contributed by atoms with E-state index in [1.54, 1.807) is 19.2 Å². The zero-order valence-corrected chi connectivity index (χ0v) is 11.5. The molecule has 0 radical (unpaired) electrons. The first-order chi connectivity index (χ1) is 9.88. The predicted molar refractivity (Wildman–Crippen MR) is 71.7 cm³/mol. The van der Waals surface area contributed by atoms with Crippen LogP contribution in [0, 0.1) is 5.92 Å². The highest BCUT2D eigenvalue weighted by atomic mass is 19.4. The Morgan fingerprint density at radius 1 is 1.24 bits per heavy atom. The van der Waals surface area contributed by atoms with Crippen molar-refractivity contribution in [2.45, 2.75) is 25.6 Å². The molecule has 1 unspecified atom stereocenters. The van der Waals surface area contributed by atoms with Gasteiger partial charge in [-0.05, 0) is 24.1 Å². The van der Waals surface area contributed by atoms with Crippen molar-refractivity contribution in [2.24, 2.45) is 5.92 Å². The van der Waals surface area contributed by atoms with E-state index >= 15 is 0 Å². The van der Waals surface area contributed by atoms with E-state index in [9.17, 15) is 18.0 Å². The molecule has 0 aliphatic heterocycles. The summed E-state index contributed by atoms with van der Waals surface area (Å²) in [6.45, 7) is 0.369. The molecule has 1 aromatic carbocycles. The number of alkyl halides is 3. The molecule has 114 valence electrons. The van der Waals surface area contributed by atoms with Crippen LogP contribution in [0.4, 0.5) is 13.2 Å². The molecular weight excluding hydrogens is 283 g/mol. The van der Waals surface area contributed by atoms with Crippen molar-refractivity contribution in [3.8, 4) is 5.75 Å². The molecule has 1 N–H and O–H groups in total. The van der Waals surface area contributed by atoms with E-state index in [1.165, 1.54) is 6.08 Å². The lowest BCUT2D eigenvalue weighted by atomic mass is 9.90. The first-order valence-corrected chi connectivity index (χ1v) is 6.55. The number of halogens is 3. The highest BCUT2D eigenvalue weighted by Gasteiger charge is 2.42. The molecule has 1 atom stereocenters. The molecule has 1 aliphatic carbocycles. The molecule has 0 aromatic heterocycles. The number of rotatable bonds is 4. The minimum atomic E-state index is -4.34. The number of ketones is 1. The van der Waals surface area contributed by atoms with Crippen molar-refractivity contribution >= 4 is 5.78 Å². The van der Waals surface area contributed by atoms with Crippen LogP contribution in [0.25, 0.3) is 0 Å². The molecule has 6 heteroatoms. The van der Waals surface area contributed by atoms with Gasteiger partial charge in [-0.15, -0.1) is 0 Å². The number of carbonyl (C=O) groups excluding carboxylic acids is 1. The Balaban J connectivity index is 1.97. The van der Waals surface area contributed by atoms with Gasteiger partial charge in [-0.2, -0.15) is 13.2 Å². The second kappa shape index (κ2) is 6.20. The number of ether oxygens (including phenoxy) is 1. The van der Waals surface area contributed by atoms with Crippen LogP contribution in [-0.4, -0.2) is 19.1 Å². The fourth-order valence-electron chi connectivity index (χ4n) is 2.21. The highest BCUT2D eigenvalue weighted by molar-refractivity contribution is 5.91. The van der Waals surface area contributed by atoms with Crippen molar-refractivity contribution in [1.82, 2.24) is 5.32 Å². The zero-order chi connectivity index (χ0) is 15.5. The highest BCUT2D eigenvalue weighted by Crippen LogP contribution is 2.35. The Bertz CT molecular complexity index is 535. The van der Waals surface area contributed by atoms with Crippen LogP contribution in [0.2, 0.25) is 0 Å². The molecule has 21 heavy (non-hydrogen) atoms. The molecule has 0 saturated heterocycles. The average Bonchev–Trinajstić information content (AvgIpc) is 2.44. The van der Waals surface area contributed by atoms with Gasteiger partial charge in [0.2, 0.25) is 0 Å². The summed E-state index contributed by atoms with van der Waals surface area (Å²) in [6.07, 6.45) is -3.70. The molecule has 1 aliphatic rings. The van der Waals surface area contributed by atoms with Gasteiger partial charge in [0.1, 0.15) is 5.75 Å². The SMILES string of the molecule is COc1ccc(CNC2=CC(=O)CC(C(F)(F)F)C2)cc1. The van der Waals surface area contributed by atoms with E-state index in [2.05, 4.69) is 5.32 Å². The van der Waals surface area contributed by atoms with Crippen molar-refractivity contribution in [3.63, 3.8) is 0 Å². The summed E-state index contributed by atoms with van der Waals surface area (Å²) >= 11 is 0. The minimum Gasteiger partial charge on any atom is -0.497 e. The maximum absolute atomic E-state index is 12.7. The Kier molecular flexibility index (Phi) is 4.55. The largest absolute Gasteiger partial charge is 0.497 e. The molecule has 2 rings (SSSR count). The van der Waals surface area contributed by atoms with Crippen LogP contribution in [0.15, 0.2) is 36.0 Å². The Morgan fingerprint density at radius 2 is 1.90 bits per heavy atom. The standard InChI is InChI=1S/C15H16F3NO2/c1-21-14-4-2-10(3-5-14)9-19-12-6-11(15(16,17)18)7-13(20)8-12/h2-5,8,11,19H,6-7,9H2,1H3. The van der Waals surface area contributed by atoms with Gasteiger partial charge >= 0.3 is 6.18 Å². The maximum atomic E-state index is 12.7. The molecule has 0 amide bonds. The first kappa shape index (κ1) is 15.4. The number of hydrogen-bond donors (Lipinski definition) is 1. The van der Waals surface area contributed by atoms with Crippen LogP contribution < -0.4 is 10.1 Å². The van der Waals surface area contributed by atoms with Gasteiger partial charge in [-0.1, -0.05) is 12.1 Å². The molecule has 0 bridgehead atoms. The van der Waals surface area contributed by atoms with E-state index in [4.69, 9.17) is 4.74 Å². The minimum absolute atomic E-state index is 0.175. The Hall–Kier alpha value is -1.98. The summed E-state index contributed by atoms with van der Waals surface area (Å²) in [5.41, 5.74) is 1.24. The van der Waals surface area contributed by atoms with Gasteiger partial charge in [0.25, 0.3) is 0 Å². The third kappa shape index (κ3) is 4.24. The quantitative estimate of drug-likeness (QED) is 0.928. The first-order valence-electron chi connectivity index (χ1n) is 6.55. The van der Waals surface area contributed by atoms with Crippen LogP contribution >= 0.6 is 0 Å². The second-order valence-corrected chi connectivity index (χ2v) is 4.98. The molecule has 1 aromatic rings. The van der Waals surface area contributed by atoms with E-state index < -0.39 is 24.3 Å². The van der Waals surface area contributed by atoms with E-state index in [-0.39, 0.29) is 6.42 Å². The summed E-state index contributed by atoms with van der Waals surface area (Å²) < 4.78 is 43.2. The van der Waals surface area contributed by atoms with E-state index in [0.717, 1.165) is 5.56 Å². The summed E-state index contributed by atoms with van der Waals surface area (Å²) in [4.78, 5) is 11.4. The average molecular weight is 299 g/mol. The summed E-state index contributed by atoms with van der Waals surface area (Å²) in [7, 11) is 1.56. The fourth-order valence-corrected chi connectivity index (χ4v) is 2.21. The van der Waals surface area contributed by atoms with E-state index in [1.807, 2.05) is 12.1 Å². The fraction of sp³-hybridized carbons (Fsp3) is 0.400. The van der Waals surface area contributed by atoms with Crippen molar-refractivity contribution in [2.75, 3.05) is 7.11 Å². The van der Waals surface area contributed by atoms with Crippen LogP contribution in [0.5, 0.6) is 5.75 Å². The smallest absolute Gasteiger partial charge is 0.392 e. The van der Waals surface area contributed by atoms with Gasteiger partial charge in [-0.3, -0.25) is 4.79 Å². The van der Waals surface area contributed by atoms with Crippen molar-refractivity contribution in [1.29, 1.82) is 0 Å². The second-order valence-electron chi connectivity index (χ2n) is 4.98. The van der Waals surface area contributed by atoms with Gasteiger partial charge < -0.3 is 10.1 Å². The van der Waals surface area contributed by atoms with Crippen LogP contribution in [0.3, 0.4) is 0 Å². The normalized spacial score (nSPS) is 19.1. The Morgan fingerprint density at radius 3 is 2.48 bits per heavy atom. The third-order valence-corrected chi connectivity index (χ3v) is 3.39. The number of carbonyl (C=O) groups is 1. The zero-order valence-electron chi connectivity index (χ0n) is 11.5.